The summed E-state index contributed by atoms with van der Waals surface area (Å²) in [5, 5.41) is 8.54. The van der Waals surface area contributed by atoms with Crippen molar-refractivity contribution in [1.82, 2.24) is 0 Å². The Hall–Kier alpha value is -2.57. The fraction of sp³-hybridized carbons (Fsp3) is 0.250. The number of carbonyl (C=O) groups excluding carboxylic acids is 2. The Labute approximate surface area is 108 Å². The molecule has 7 nitrogen and oxygen atoms in total. The summed E-state index contributed by atoms with van der Waals surface area (Å²) in [6.45, 7) is 0. The van der Waals surface area contributed by atoms with E-state index in [9.17, 15) is 14.4 Å². The van der Waals surface area contributed by atoms with Gasteiger partial charge in [-0.1, -0.05) is 0 Å². The van der Waals surface area contributed by atoms with Crippen molar-refractivity contribution >= 4 is 17.5 Å². The molecule has 0 aliphatic heterocycles. The third-order valence-corrected chi connectivity index (χ3v) is 2.35. The van der Waals surface area contributed by atoms with Crippen molar-refractivity contribution < 1.29 is 33.7 Å². The molecule has 0 atom stereocenters. The van der Waals surface area contributed by atoms with Gasteiger partial charge in [0.25, 0.3) is 0 Å². The van der Waals surface area contributed by atoms with Crippen molar-refractivity contribution in [3.8, 4) is 17.2 Å². The number of ether oxygens (including phenoxy) is 3. The molecule has 1 aromatic rings. The van der Waals surface area contributed by atoms with Gasteiger partial charge in [0, 0.05) is 6.07 Å². The minimum atomic E-state index is -1.83. The molecule has 0 fully saturated rings. The van der Waals surface area contributed by atoms with Crippen molar-refractivity contribution in [1.29, 1.82) is 0 Å². The van der Waals surface area contributed by atoms with E-state index in [1.807, 2.05) is 0 Å². The Bertz CT molecular complexity index is 533. The smallest absolute Gasteiger partial charge is 0.380 e. The van der Waals surface area contributed by atoms with Crippen LogP contribution in [0.1, 0.15) is 10.4 Å². The van der Waals surface area contributed by atoms with Crippen molar-refractivity contribution in [2.45, 2.75) is 0 Å². The van der Waals surface area contributed by atoms with Crippen LogP contribution in [0.2, 0.25) is 0 Å². The van der Waals surface area contributed by atoms with Gasteiger partial charge < -0.3 is 19.3 Å². The molecular weight excluding hydrogens is 256 g/mol. The number of aliphatic carboxylic acids is 1. The first kappa shape index (κ1) is 14.5. The second kappa shape index (κ2) is 5.85. The van der Waals surface area contributed by atoms with Crippen LogP contribution in [-0.2, 0) is 9.59 Å². The maximum absolute atomic E-state index is 11.7. The van der Waals surface area contributed by atoms with Crippen LogP contribution < -0.4 is 14.2 Å². The Kier molecular flexibility index (Phi) is 4.46. The summed E-state index contributed by atoms with van der Waals surface area (Å²) < 4.78 is 14.9. The molecule has 0 heterocycles. The molecule has 0 aromatic heterocycles. The van der Waals surface area contributed by atoms with E-state index < -0.39 is 17.5 Å². The number of ketones is 2. The van der Waals surface area contributed by atoms with Gasteiger partial charge in [-0.25, -0.2) is 4.79 Å². The van der Waals surface area contributed by atoms with Crippen LogP contribution in [0.3, 0.4) is 0 Å². The lowest BCUT2D eigenvalue weighted by atomic mass is 10.1. The van der Waals surface area contributed by atoms with Gasteiger partial charge in [0.15, 0.2) is 11.5 Å². The lowest BCUT2D eigenvalue weighted by Crippen LogP contribution is -2.24. The first-order valence-corrected chi connectivity index (χ1v) is 5.08. The molecule has 0 amide bonds. The number of Topliss-reactive ketones (excluding diaryl/α,β-unsaturated/α-hetero) is 2. The summed E-state index contributed by atoms with van der Waals surface area (Å²) in [5.41, 5.74) is -0.201. The van der Waals surface area contributed by atoms with Gasteiger partial charge in [-0.15, -0.1) is 0 Å². The van der Waals surface area contributed by atoms with Gasteiger partial charge in [-0.2, -0.15) is 0 Å². The fourth-order valence-corrected chi connectivity index (χ4v) is 1.43. The minimum Gasteiger partial charge on any atom is -0.496 e. The average Bonchev–Trinajstić information content (AvgIpc) is 2.43. The first-order valence-electron chi connectivity index (χ1n) is 5.08. The number of carboxylic acid groups (broad SMARTS) is 1. The number of carbonyl (C=O) groups is 3. The zero-order valence-electron chi connectivity index (χ0n) is 10.6. The van der Waals surface area contributed by atoms with Gasteiger partial charge >= 0.3 is 11.8 Å². The quantitative estimate of drug-likeness (QED) is 0.457. The highest BCUT2D eigenvalue weighted by molar-refractivity contribution is 6.65. The third-order valence-electron chi connectivity index (χ3n) is 2.35. The Morgan fingerprint density at radius 3 is 1.79 bits per heavy atom. The van der Waals surface area contributed by atoms with Crippen molar-refractivity contribution in [2.24, 2.45) is 0 Å². The van der Waals surface area contributed by atoms with E-state index in [4.69, 9.17) is 19.3 Å². The van der Waals surface area contributed by atoms with E-state index in [-0.39, 0.29) is 17.1 Å². The van der Waals surface area contributed by atoms with Crippen LogP contribution in [-0.4, -0.2) is 44.0 Å². The minimum absolute atomic E-state index is 0.0252. The largest absolute Gasteiger partial charge is 0.496 e. The molecule has 1 rings (SSSR count). The highest BCUT2D eigenvalue weighted by atomic mass is 16.5. The molecule has 1 aromatic carbocycles. The first-order chi connectivity index (χ1) is 8.96. The summed E-state index contributed by atoms with van der Waals surface area (Å²) in [6, 6.07) is 2.53. The number of hydrogen-bond acceptors (Lipinski definition) is 6. The molecule has 0 bridgehead atoms. The summed E-state index contributed by atoms with van der Waals surface area (Å²) in [5.74, 6) is -4.07. The van der Waals surface area contributed by atoms with Gasteiger partial charge in [-0.3, -0.25) is 9.59 Å². The fourth-order valence-electron chi connectivity index (χ4n) is 1.43. The van der Waals surface area contributed by atoms with E-state index in [0.717, 1.165) is 0 Å². The van der Waals surface area contributed by atoms with Crippen molar-refractivity contribution in [3.63, 3.8) is 0 Å². The van der Waals surface area contributed by atoms with Gasteiger partial charge in [0.05, 0.1) is 26.9 Å². The number of carboxylic acids is 1. The predicted octanol–water partition coefficient (Wildman–Crippen LogP) is 0.549. The van der Waals surface area contributed by atoms with E-state index >= 15 is 0 Å². The van der Waals surface area contributed by atoms with Gasteiger partial charge in [0.1, 0.15) is 5.75 Å². The van der Waals surface area contributed by atoms with E-state index in [0.29, 0.717) is 5.75 Å². The van der Waals surface area contributed by atoms with Gasteiger partial charge in [0.2, 0.25) is 5.78 Å². The molecule has 19 heavy (non-hydrogen) atoms. The van der Waals surface area contributed by atoms with Crippen LogP contribution in [0.4, 0.5) is 0 Å². The highest BCUT2D eigenvalue weighted by Crippen LogP contribution is 2.34. The molecule has 102 valence electrons. The molecule has 0 aliphatic rings. The number of hydrogen-bond donors (Lipinski definition) is 1. The SMILES string of the molecule is COc1cc(OC)c(C(=O)C(=O)C(=O)O)cc1OC. The van der Waals surface area contributed by atoms with Gasteiger partial charge in [-0.05, 0) is 6.07 Å². The molecule has 0 radical (unpaired) electrons. The van der Waals surface area contributed by atoms with Crippen LogP contribution >= 0.6 is 0 Å². The van der Waals surface area contributed by atoms with Crippen molar-refractivity contribution in [3.05, 3.63) is 17.7 Å². The highest BCUT2D eigenvalue weighted by Gasteiger charge is 2.27. The second-order valence-corrected chi connectivity index (χ2v) is 3.37. The topological polar surface area (TPSA) is 99.1 Å². The molecule has 1 N–H and O–H groups in total. The molecule has 0 aliphatic carbocycles. The summed E-state index contributed by atoms with van der Waals surface area (Å²) in [7, 11) is 4.02. The molecule has 0 saturated heterocycles. The lowest BCUT2D eigenvalue weighted by Gasteiger charge is -2.12. The van der Waals surface area contributed by atoms with Crippen LogP contribution in [0, 0.1) is 0 Å². The molecule has 7 heteroatoms. The van der Waals surface area contributed by atoms with Crippen LogP contribution in [0.25, 0.3) is 0 Å². The summed E-state index contributed by atoms with van der Waals surface area (Å²) >= 11 is 0. The Morgan fingerprint density at radius 1 is 0.895 bits per heavy atom. The van der Waals surface area contributed by atoms with Crippen molar-refractivity contribution in [2.75, 3.05) is 21.3 Å². The van der Waals surface area contributed by atoms with Crippen LogP contribution in [0.5, 0.6) is 17.2 Å². The van der Waals surface area contributed by atoms with Crippen LogP contribution in [0.15, 0.2) is 12.1 Å². The normalized spacial score (nSPS) is 9.63. The summed E-state index contributed by atoms with van der Waals surface area (Å²) in [6.07, 6.45) is 0. The number of methoxy groups -OCH3 is 3. The number of benzene rings is 1. The third kappa shape index (κ3) is 2.82. The zero-order chi connectivity index (χ0) is 14.6. The zero-order valence-corrected chi connectivity index (χ0v) is 10.6. The van der Waals surface area contributed by atoms with E-state index in [2.05, 4.69) is 0 Å². The molecule has 0 spiro atoms. The molecular formula is C12H12O7. The van der Waals surface area contributed by atoms with E-state index in [1.165, 1.54) is 33.5 Å². The Balaban J connectivity index is 3.37. The monoisotopic (exact) mass is 268 g/mol. The Morgan fingerprint density at radius 2 is 1.37 bits per heavy atom. The number of rotatable bonds is 6. The maximum atomic E-state index is 11.7. The average molecular weight is 268 g/mol. The lowest BCUT2D eigenvalue weighted by molar-refractivity contribution is -0.146. The standard InChI is InChI=1S/C12H12O7/c1-17-7-5-9(19-3)8(18-2)4-6(7)10(13)11(14)12(15)16/h4-5H,1-3H3,(H,15,16). The van der Waals surface area contributed by atoms with E-state index in [1.54, 1.807) is 0 Å². The maximum Gasteiger partial charge on any atom is 0.380 e. The summed E-state index contributed by atoms with van der Waals surface area (Å²) in [4.78, 5) is 33.4. The molecule has 0 unspecified atom stereocenters. The second-order valence-electron chi connectivity index (χ2n) is 3.37. The predicted molar refractivity (Wildman–Crippen MR) is 63.1 cm³/mol. The molecule has 0 saturated carbocycles.